The van der Waals surface area contributed by atoms with Gasteiger partial charge in [-0.1, -0.05) is 6.92 Å². The minimum Gasteiger partial charge on any atom is -0.479 e. The Morgan fingerprint density at radius 3 is 2.54 bits per heavy atom. The molecule has 0 heterocycles. The van der Waals surface area contributed by atoms with Crippen molar-refractivity contribution in [3.05, 3.63) is 0 Å². The summed E-state index contributed by atoms with van der Waals surface area (Å²) in [4.78, 5) is 21.9. The Hall–Kier alpha value is -1.10. The molecule has 4 N–H and O–H groups in total. The molecule has 0 aliphatic heterocycles. The van der Waals surface area contributed by atoms with Crippen LogP contribution in [0.1, 0.15) is 26.2 Å². The highest BCUT2D eigenvalue weighted by atomic mass is 16.4. The molecule has 0 aromatic carbocycles. The smallest absolute Gasteiger partial charge is 0.331 e. The number of hydrogen-bond acceptors (Lipinski definition) is 3. The van der Waals surface area contributed by atoms with Crippen molar-refractivity contribution < 1.29 is 14.7 Å². The van der Waals surface area contributed by atoms with E-state index in [1.807, 2.05) is 0 Å². The summed E-state index contributed by atoms with van der Waals surface area (Å²) >= 11 is 0. The lowest BCUT2D eigenvalue weighted by Gasteiger charge is -2.44. The fourth-order valence-corrected chi connectivity index (χ4v) is 1.41. The summed E-state index contributed by atoms with van der Waals surface area (Å²) in [6.45, 7) is 1.68. The minimum absolute atomic E-state index is 0.266. The van der Waals surface area contributed by atoms with Gasteiger partial charge in [-0.3, -0.25) is 4.79 Å². The zero-order valence-corrected chi connectivity index (χ0v) is 7.54. The summed E-state index contributed by atoms with van der Waals surface area (Å²) < 4.78 is 0. The maximum absolute atomic E-state index is 11.0. The number of carboxylic acids is 1. The van der Waals surface area contributed by atoms with E-state index in [2.05, 4.69) is 5.32 Å². The van der Waals surface area contributed by atoms with Crippen LogP contribution in [0.25, 0.3) is 0 Å². The first-order valence-corrected chi connectivity index (χ1v) is 4.33. The Kier molecular flexibility index (Phi) is 2.56. The van der Waals surface area contributed by atoms with Crippen molar-refractivity contribution in [1.82, 2.24) is 5.32 Å². The average molecular weight is 186 g/mol. The summed E-state index contributed by atoms with van der Waals surface area (Å²) in [6, 6.07) is -0.458. The van der Waals surface area contributed by atoms with Crippen LogP contribution in [0.2, 0.25) is 0 Å². The van der Waals surface area contributed by atoms with Gasteiger partial charge in [-0.15, -0.1) is 0 Å². The zero-order chi connectivity index (χ0) is 10.1. The number of carboxylic acid groups (broad SMARTS) is 1. The second-order valence-electron chi connectivity index (χ2n) is 3.32. The topological polar surface area (TPSA) is 92.4 Å². The van der Waals surface area contributed by atoms with Crippen molar-refractivity contribution in [3.63, 3.8) is 0 Å². The van der Waals surface area contributed by atoms with Crippen LogP contribution in [-0.2, 0) is 9.59 Å². The van der Waals surface area contributed by atoms with Gasteiger partial charge in [0.2, 0.25) is 5.91 Å². The van der Waals surface area contributed by atoms with E-state index in [9.17, 15) is 9.59 Å². The van der Waals surface area contributed by atoms with Gasteiger partial charge >= 0.3 is 5.97 Å². The summed E-state index contributed by atoms with van der Waals surface area (Å²) in [5, 5.41) is 11.4. The summed E-state index contributed by atoms with van der Waals surface area (Å²) in [5.41, 5.74) is 4.36. The standard InChI is InChI=1S/C8H14N2O3/c1-2-6(11)10-8(7(12)13)4-3-5(8)9/h5H,2-4,9H2,1H3,(H,10,11)(H,12,13). The molecule has 2 unspecified atom stereocenters. The molecule has 13 heavy (non-hydrogen) atoms. The average Bonchev–Trinajstić information content (AvgIpc) is 2.10. The molecule has 1 rings (SSSR count). The van der Waals surface area contributed by atoms with Crippen molar-refractivity contribution in [2.24, 2.45) is 5.73 Å². The zero-order valence-electron chi connectivity index (χ0n) is 7.54. The first-order chi connectivity index (χ1) is 6.03. The number of nitrogens with one attached hydrogen (secondary N) is 1. The van der Waals surface area contributed by atoms with Gasteiger partial charge in [0.15, 0.2) is 5.54 Å². The molecule has 0 bridgehead atoms. The number of amides is 1. The highest BCUT2D eigenvalue weighted by Gasteiger charge is 2.52. The molecule has 1 amide bonds. The predicted molar refractivity (Wildman–Crippen MR) is 46.0 cm³/mol. The summed E-state index contributed by atoms with van der Waals surface area (Å²) in [5.74, 6) is -1.30. The summed E-state index contributed by atoms with van der Waals surface area (Å²) in [7, 11) is 0. The minimum atomic E-state index is -1.20. The number of rotatable bonds is 3. The van der Waals surface area contributed by atoms with E-state index in [1.165, 1.54) is 0 Å². The van der Waals surface area contributed by atoms with E-state index in [0.717, 1.165) is 0 Å². The second-order valence-corrected chi connectivity index (χ2v) is 3.32. The van der Waals surface area contributed by atoms with E-state index < -0.39 is 17.6 Å². The maximum Gasteiger partial charge on any atom is 0.331 e. The third kappa shape index (κ3) is 1.51. The van der Waals surface area contributed by atoms with E-state index in [1.54, 1.807) is 6.92 Å². The monoisotopic (exact) mass is 186 g/mol. The van der Waals surface area contributed by atoms with Crippen LogP contribution in [0.3, 0.4) is 0 Å². The van der Waals surface area contributed by atoms with Gasteiger partial charge in [-0.25, -0.2) is 4.79 Å². The lowest BCUT2D eigenvalue weighted by atomic mass is 9.72. The van der Waals surface area contributed by atoms with Crippen LogP contribution in [0.15, 0.2) is 0 Å². The van der Waals surface area contributed by atoms with Gasteiger partial charge in [0.1, 0.15) is 0 Å². The third-order valence-corrected chi connectivity index (χ3v) is 2.55. The molecular formula is C8H14N2O3. The van der Waals surface area contributed by atoms with Crippen LogP contribution < -0.4 is 11.1 Å². The van der Waals surface area contributed by atoms with Crippen molar-refractivity contribution >= 4 is 11.9 Å². The fraction of sp³-hybridized carbons (Fsp3) is 0.750. The molecule has 0 spiro atoms. The molecular weight excluding hydrogens is 172 g/mol. The van der Waals surface area contributed by atoms with Crippen molar-refractivity contribution in [1.29, 1.82) is 0 Å². The molecule has 2 atom stereocenters. The fourth-order valence-electron chi connectivity index (χ4n) is 1.41. The van der Waals surface area contributed by atoms with Gasteiger partial charge < -0.3 is 16.2 Å². The molecule has 74 valence electrons. The van der Waals surface area contributed by atoms with Crippen molar-refractivity contribution in [2.45, 2.75) is 37.8 Å². The molecule has 1 saturated carbocycles. The number of aliphatic carboxylic acids is 1. The molecule has 0 aromatic heterocycles. The highest BCUT2D eigenvalue weighted by molar-refractivity contribution is 5.88. The number of hydrogen-bond donors (Lipinski definition) is 3. The molecule has 1 fully saturated rings. The molecule has 5 heteroatoms. The Bertz CT molecular complexity index is 242. The molecule has 0 radical (unpaired) electrons. The number of carbonyl (C=O) groups excluding carboxylic acids is 1. The van der Waals surface area contributed by atoms with E-state index in [-0.39, 0.29) is 12.3 Å². The molecule has 0 saturated heterocycles. The predicted octanol–water partition coefficient (Wildman–Crippen LogP) is -0.543. The highest BCUT2D eigenvalue weighted by Crippen LogP contribution is 2.31. The van der Waals surface area contributed by atoms with Crippen LogP contribution >= 0.6 is 0 Å². The van der Waals surface area contributed by atoms with Gasteiger partial charge in [0.05, 0.1) is 0 Å². The van der Waals surface area contributed by atoms with Gasteiger partial charge in [0, 0.05) is 12.5 Å². The summed E-state index contributed by atoms with van der Waals surface area (Å²) in [6.07, 6.45) is 1.35. The molecule has 1 aliphatic rings. The number of nitrogens with two attached hydrogens (primary N) is 1. The number of carbonyl (C=O) groups is 2. The molecule has 0 aromatic rings. The Morgan fingerprint density at radius 1 is 1.69 bits per heavy atom. The van der Waals surface area contributed by atoms with Crippen molar-refractivity contribution in [3.8, 4) is 0 Å². The first-order valence-electron chi connectivity index (χ1n) is 4.33. The molecule has 5 nitrogen and oxygen atoms in total. The van der Waals surface area contributed by atoms with Crippen LogP contribution in [0.5, 0.6) is 0 Å². The SMILES string of the molecule is CCC(=O)NC1(C(=O)O)CCC1N. The van der Waals surface area contributed by atoms with E-state index >= 15 is 0 Å². The Morgan fingerprint density at radius 2 is 2.31 bits per heavy atom. The van der Waals surface area contributed by atoms with Crippen LogP contribution in [-0.4, -0.2) is 28.6 Å². The molecule has 1 aliphatic carbocycles. The van der Waals surface area contributed by atoms with Crippen LogP contribution in [0, 0.1) is 0 Å². The normalized spacial score (nSPS) is 32.0. The van der Waals surface area contributed by atoms with E-state index in [4.69, 9.17) is 10.8 Å². The van der Waals surface area contributed by atoms with E-state index in [0.29, 0.717) is 12.8 Å². The largest absolute Gasteiger partial charge is 0.479 e. The quantitative estimate of drug-likeness (QED) is 0.551. The second kappa shape index (κ2) is 3.33. The lowest BCUT2D eigenvalue weighted by Crippen LogP contribution is -2.70. The lowest BCUT2D eigenvalue weighted by molar-refractivity contribution is -0.153. The Labute approximate surface area is 76.3 Å². The van der Waals surface area contributed by atoms with Gasteiger partial charge in [-0.05, 0) is 12.8 Å². The Balaban J connectivity index is 2.69. The van der Waals surface area contributed by atoms with Crippen molar-refractivity contribution in [2.75, 3.05) is 0 Å². The third-order valence-electron chi connectivity index (χ3n) is 2.55. The maximum atomic E-state index is 11.0. The van der Waals surface area contributed by atoms with Gasteiger partial charge in [0.25, 0.3) is 0 Å². The first kappa shape index (κ1) is 9.98. The van der Waals surface area contributed by atoms with Gasteiger partial charge in [-0.2, -0.15) is 0 Å². The van der Waals surface area contributed by atoms with Crippen LogP contribution in [0.4, 0.5) is 0 Å².